The fourth-order valence-electron chi connectivity index (χ4n) is 1.90. The molecule has 7 heteroatoms. The Morgan fingerprint density at radius 1 is 1.22 bits per heavy atom. The first-order chi connectivity index (χ1) is 11.0. The normalized spacial score (nSPS) is 10.6. The highest BCUT2D eigenvalue weighted by molar-refractivity contribution is 5.90. The van der Waals surface area contributed by atoms with E-state index in [4.69, 9.17) is 0 Å². The Morgan fingerprint density at radius 3 is 2.65 bits per heavy atom. The Balaban J connectivity index is 1.75. The Bertz CT molecular complexity index is 652. The van der Waals surface area contributed by atoms with Crippen molar-refractivity contribution >= 4 is 17.6 Å². The largest absolute Gasteiger partial charge is 0.354 e. The van der Waals surface area contributed by atoms with E-state index in [0.29, 0.717) is 12.4 Å². The first kappa shape index (κ1) is 16.7. The third-order valence-corrected chi connectivity index (χ3v) is 3.20. The summed E-state index contributed by atoms with van der Waals surface area (Å²) in [6, 6.07) is 9.95. The van der Waals surface area contributed by atoms with E-state index in [1.807, 2.05) is 30.3 Å². The second-order valence-electron chi connectivity index (χ2n) is 5.53. The highest BCUT2D eigenvalue weighted by Crippen LogP contribution is 2.03. The summed E-state index contributed by atoms with van der Waals surface area (Å²) >= 11 is 0. The Labute approximate surface area is 135 Å². The topological polar surface area (TPSA) is 88.9 Å². The average Bonchev–Trinajstić information content (AvgIpc) is 2.95. The summed E-state index contributed by atoms with van der Waals surface area (Å²) in [6.45, 7) is 4.22. The van der Waals surface area contributed by atoms with Crippen molar-refractivity contribution in [3.8, 4) is 0 Å². The van der Waals surface area contributed by atoms with Gasteiger partial charge < -0.3 is 10.6 Å². The first-order valence-corrected chi connectivity index (χ1v) is 7.56. The molecule has 122 valence electrons. The molecule has 2 amide bonds. The van der Waals surface area contributed by atoms with Gasteiger partial charge in [0.15, 0.2) is 5.82 Å². The number of nitrogens with zero attached hydrogens (tertiary/aromatic N) is 3. The molecule has 0 fully saturated rings. The number of hydrogen-bond acceptors (Lipinski definition) is 4. The van der Waals surface area contributed by atoms with Crippen LogP contribution in [-0.2, 0) is 22.6 Å². The second-order valence-corrected chi connectivity index (χ2v) is 5.53. The average molecular weight is 315 g/mol. The summed E-state index contributed by atoms with van der Waals surface area (Å²) in [7, 11) is 0. The lowest BCUT2D eigenvalue weighted by molar-refractivity contribution is -0.122. The van der Waals surface area contributed by atoms with Crippen molar-refractivity contribution in [2.75, 3.05) is 11.9 Å². The van der Waals surface area contributed by atoms with Crippen LogP contribution in [-0.4, -0.2) is 33.4 Å². The lowest BCUT2D eigenvalue weighted by atomic mass is 10.1. The number of carbonyl (C=O) groups excluding carboxylic acids is 2. The number of hydrogen-bond donors (Lipinski definition) is 2. The Kier molecular flexibility index (Phi) is 5.85. The van der Waals surface area contributed by atoms with Gasteiger partial charge in [0.1, 0.15) is 6.54 Å². The minimum atomic E-state index is -0.146. The van der Waals surface area contributed by atoms with Gasteiger partial charge in [-0.15, -0.1) is 5.10 Å². The van der Waals surface area contributed by atoms with Gasteiger partial charge >= 0.3 is 0 Å². The summed E-state index contributed by atoms with van der Waals surface area (Å²) in [5, 5.41) is 13.1. The molecule has 1 aromatic carbocycles. The molecular formula is C16H21N5O2. The summed E-state index contributed by atoms with van der Waals surface area (Å²) in [6.07, 6.45) is 2.32. The molecule has 0 saturated heterocycles. The monoisotopic (exact) mass is 315 g/mol. The van der Waals surface area contributed by atoms with Crippen molar-refractivity contribution in [3.05, 3.63) is 42.1 Å². The van der Waals surface area contributed by atoms with E-state index in [2.05, 4.69) is 20.9 Å². The first-order valence-electron chi connectivity index (χ1n) is 7.56. The highest BCUT2D eigenvalue weighted by Gasteiger charge is 2.10. The minimum Gasteiger partial charge on any atom is -0.354 e. The number of benzene rings is 1. The van der Waals surface area contributed by atoms with Crippen molar-refractivity contribution in [2.24, 2.45) is 5.92 Å². The summed E-state index contributed by atoms with van der Waals surface area (Å²) in [5.74, 6) is -0.0702. The highest BCUT2D eigenvalue weighted by atomic mass is 16.2. The molecule has 7 nitrogen and oxygen atoms in total. The third kappa shape index (κ3) is 5.54. The van der Waals surface area contributed by atoms with Gasteiger partial charge in [0.25, 0.3) is 0 Å². The van der Waals surface area contributed by atoms with E-state index in [1.54, 1.807) is 13.8 Å². The predicted molar refractivity (Wildman–Crippen MR) is 86.6 cm³/mol. The second kappa shape index (κ2) is 8.07. The predicted octanol–water partition coefficient (Wildman–Crippen LogP) is 1.23. The van der Waals surface area contributed by atoms with E-state index < -0.39 is 0 Å². The molecule has 1 aromatic heterocycles. The van der Waals surface area contributed by atoms with Gasteiger partial charge in [-0.25, -0.2) is 4.68 Å². The maximum absolute atomic E-state index is 11.9. The van der Waals surface area contributed by atoms with E-state index >= 15 is 0 Å². The number of anilines is 1. The molecular weight excluding hydrogens is 294 g/mol. The molecule has 0 aliphatic heterocycles. The molecule has 0 aliphatic carbocycles. The number of amides is 2. The Morgan fingerprint density at radius 2 is 1.96 bits per heavy atom. The van der Waals surface area contributed by atoms with E-state index in [0.717, 1.165) is 6.42 Å². The van der Waals surface area contributed by atoms with Crippen LogP contribution >= 0.6 is 0 Å². The molecule has 0 bridgehead atoms. The molecule has 0 atom stereocenters. The lowest BCUT2D eigenvalue weighted by Gasteiger charge is -2.05. The molecule has 1 heterocycles. The molecule has 0 aliphatic rings. The van der Waals surface area contributed by atoms with E-state index in [9.17, 15) is 9.59 Å². The van der Waals surface area contributed by atoms with Gasteiger partial charge in [-0.3, -0.25) is 9.59 Å². The number of nitrogens with one attached hydrogen (secondary N) is 2. The van der Waals surface area contributed by atoms with E-state index in [-0.39, 0.29) is 24.3 Å². The van der Waals surface area contributed by atoms with Gasteiger partial charge in [0.2, 0.25) is 11.8 Å². The lowest BCUT2D eigenvalue weighted by Crippen LogP contribution is -2.29. The number of carbonyl (C=O) groups is 2. The molecule has 23 heavy (non-hydrogen) atoms. The van der Waals surface area contributed by atoms with Gasteiger partial charge in [-0.05, 0) is 12.0 Å². The Hall–Kier alpha value is -2.70. The molecule has 2 N–H and O–H groups in total. The van der Waals surface area contributed by atoms with Gasteiger partial charge in [0.05, 0.1) is 6.20 Å². The van der Waals surface area contributed by atoms with Crippen LogP contribution in [0.1, 0.15) is 19.4 Å². The third-order valence-electron chi connectivity index (χ3n) is 3.20. The van der Waals surface area contributed by atoms with E-state index in [1.165, 1.54) is 16.4 Å². The molecule has 0 radical (unpaired) electrons. The SMILES string of the molecule is CC(C)C(=O)Nc1cn(CC(=O)NCCc2ccccc2)nn1. The van der Waals surface area contributed by atoms with Crippen molar-refractivity contribution in [3.63, 3.8) is 0 Å². The fraction of sp³-hybridized carbons (Fsp3) is 0.375. The zero-order valence-corrected chi connectivity index (χ0v) is 13.3. The van der Waals surface area contributed by atoms with Crippen LogP contribution in [0.15, 0.2) is 36.5 Å². The van der Waals surface area contributed by atoms with Crippen molar-refractivity contribution in [1.29, 1.82) is 0 Å². The van der Waals surface area contributed by atoms with Crippen molar-refractivity contribution in [1.82, 2.24) is 20.3 Å². The molecule has 0 spiro atoms. The van der Waals surface area contributed by atoms with Crippen LogP contribution < -0.4 is 10.6 Å². The van der Waals surface area contributed by atoms with Crippen molar-refractivity contribution in [2.45, 2.75) is 26.8 Å². The van der Waals surface area contributed by atoms with Crippen LogP contribution in [0.4, 0.5) is 5.82 Å². The standard InChI is InChI=1S/C16H21N5O2/c1-12(2)16(23)18-14-10-21(20-19-14)11-15(22)17-9-8-13-6-4-3-5-7-13/h3-7,10,12H,8-9,11H2,1-2H3,(H,17,22)(H,18,23). The maximum atomic E-state index is 11.9. The van der Waals surface area contributed by atoms with Crippen LogP contribution in [0.5, 0.6) is 0 Å². The zero-order chi connectivity index (χ0) is 16.7. The van der Waals surface area contributed by atoms with Gasteiger partial charge in [0, 0.05) is 12.5 Å². The number of aromatic nitrogens is 3. The fourth-order valence-corrected chi connectivity index (χ4v) is 1.90. The number of rotatable bonds is 7. The summed E-state index contributed by atoms with van der Waals surface area (Å²) in [4.78, 5) is 23.4. The van der Waals surface area contributed by atoms with Crippen molar-refractivity contribution < 1.29 is 9.59 Å². The van der Waals surface area contributed by atoms with Crippen LogP contribution in [0, 0.1) is 5.92 Å². The minimum absolute atomic E-state index is 0.0688. The smallest absolute Gasteiger partial charge is 0.241 e. The quantitative estimate of drug-likeness (QED) is 0.804. The van der Waals surface area contributed by atoms with Crippen LogP contribution in [0.25, 0.3) is 0 Å². The van der Waals surface area contributed by atoms with Gasteiger partial charge in [-0.2, -0.15) is 0 Å². The molecule has 2 rings (SSSR count). The molecule has 0 saturated carbocycles. The van der Waals surface area contributed by atoms with Crippen LogP contribution in [0.2, 0.25) is 0 Å². The van der Waals surface area contributed by atoms with Crippen LogP contribution in [0.3, 0.4) is 0 Å². The summed E-state index contributed by atoms with van der Waals surface area (Å²) in [5.41, 5.74) is 1.17. The van der Waals surface area contributed by atoms with Gasteiger partial charge in [-0.1, -0.05) is 49.4 Å². The molecule has 0 unspecified atom stereocenters. The maximum Gasteiger partial charge on any atom is 0.241 e. The summed E-state index contributed by atoms with van der Waals surface area (Å²) < 4.78 is 1.40. The zero-order valence-electron chi connectivity index (χ0n) is 13.3. The molecule has 2 aromatic rings.